The van der Waals surface area contributed by atoms with Crippen LogP contribution in [0.25, 0.3) is 0 Å². The van der Waals surface area contributed by atoms with E-state index in [9.17, 15) is 0 Å². The fourth-order valence-electron chi connectivity index (χ4n) is 1.37. The molecule has 1 N–H and O–H groups in total. The molecule has 5 nitrogen and oxygen atoms in total. The maximum absolute atomic E-state index is 8.49. The number of rotatable bonds is 1. The standard InChI is InChI=1S/C7H9N5/c8-3-7-10-5-12(11-7)6-1-2-9-4-6/h5-6,9H,1-2,4H2. The van der Waals surface area contributed by atoms with Gasteiger partial charge < -0.3 is 5.32 Å². The molecule has 1 unspecified atom stereocenters. The van der Waals surface area contributed by atoms with Gasteiger partial charge in [0.05, 0.1) is 6.04 Å². The van der Waals surface area contributed by atoms with Crippen molar-refractivity contribution in [3.8, 4) is 6.07 Å². The molecule has 0 radical (unpaired) electrons. The quantitative estimate of drug-likeness (QED) is 0.616. The molecule has 5 heteroatoms. The SMILES string of the molecule is N#Cc1ncn(C2CCNC2)n1. The van der Waals surface area contributed by atoms with Gasteiger partial charge in [-0.2, -0.15) is 5.26 Å². The first-order valence-corrected chi connectivity index (χ1v) is 3.92. The van der Waals surface area contributed by atoms with Crippen molar-refractivity contribution in [2.45, 2.75) is 12.5 Å². The van der Waals surface area contributed by atoms with Crippen LogP contribution in [0.1, 0.15) is 18.3 Å². The van der Waals surface area contributed by atoms with Gasteiger partial charge in [-0.3, -0.25) is 0 Å². The molecule has 0 spiro atoms. The molecular weight excluding hydrogens is 154 g/mol. The molecular formula is C7H9N5. The van der Waals surface area contributed by atoms with E-state index in [2.05, 4.69) is 15.4 Å². The predicted molar refractivity (Wildman–Crippen MR) is 41.3 cm³/mol. The lowest BCUT2D eigenvalue weighted by Crippen LogP contribution is -2.13. The molecule has 12 heavy (non-hydrogen) atoms. The molecule has 1 aliphatic heterocycles. The number of nitriles is 1. The third-order valence-electron chi connectivity index (χ3n) is 2.02. The van der Waals surface area contributed by atoms with E-state index < -0.39 is 0 Å². The lowest BCUT2D eigenvalue weighted by atomic mass is 10.3. The molecule has 0 aromatic carbocycles. The molecule has 0 bridgehead atoms. The Bertz CT molecular complexity index is 304. The fourth-order valence-corrected chi connectivity index (χ4v) is 1.37. The van der Waals surface area contributed by atoms with Crippen LogP contribution in [-0.4, -0.2) is 27.9 Å². The first kappa shape index (κ1) is 7.25. The van der Waals surface area contributed by atoms with Crippen LogP contribution >= 0.6 is 0 Å². The second-order valence-corrected chi connectivity index (χ2v) is 2.81. The van der Waals surface area contributed by atoms with E-state index in [1.165, 1.54) is 0 Å². The number of hydrogen-bond donors (Lipinski definition) is 1. The highest BCUT2D eigenvalue weighted by Gasteiger charge is 2.17. The summed E-state index contributed by atoms with van der Waals surface area (Å²) in [7, 11) is 0. The van der Waals surface area contributed by atoms with Gasteiger partial charge in [-0.15, -0.1) is 5.10 Å². The van der Waals surface area contributed by atoms with Crippen LogP contribution < -0.4 is 5.32 Å². The highest BCUT2D eigenvalue weighted by atomic mass is 15.4. The minimum atomic E-state index is 0.252. The zero-order chi connectivity index (χ0) is 8.39. The lowest BCUT2D eigenvalue weighted by molar-refractivity contribution is 0.488. The number of nitrogens with one attached hydrogen (secondary N) is 1. The summed E-state index contributed by atoms with van der Waals surface area (Å²) in [4.78, 5) is 3.84. The summed E-state index contributed by atoms with van der Waals surface area (Å²) in [6.45, 7) is 1.95. The Balaban J connectivity index is 2.17. The molecule has 2 rings (SSSR count). The first-order chi connectivity index (χ1) is 5.90. The van der Waals surface area contributed by atoms with Gasteiger partial charge in [0.2, 0.25) is 0 Å². The zero-order valence-electron chi connectivity index (χ0n) is 6.56. The van der Waals surface area contributed by atoms with Crippen molar-refractivity contribution in [1.82, 2.24) is 20.1 Å². The average Bonchev–Trinajstić information content (AvgIpc) is 2.75. The largest absolute Gasteiger partial charge is 0.315 e. The second kappa shape index (κ2) is 2.91. The second-order valence-electron chi connectivity index (χ2n) is 2.81. The summed E-state index contributed by atoms with van der Waals surface area (Å²) in [6, 6.07) is 2.28. The van der Waals surface area contributed by atoms with Gasteiger partial charge in [-0.05, 0) is 13.0 Å². The van der Waals surface area contributed by atoms with Crippen LogP contribution in [0.2, 0.25) is 0 Å². The van der Waals surface area contributed by atoms with Crippen LogP contribution in [0.3, 0.4) is 0 Å². The highest BCUT2D eigenvalue weighted by molar-refractivity contribution is 5.05. The Morgan fingerprint density at radius 2 is 2.67 bits per heavy atom. The Morgan fingerprint density at radius 3 is 3.25 bits per heavy atom. The molecule has 0 amide bonds. The highest BCUT2D eigenvalue weighted by Crippen LogP contribution is 2.12. The van der Waals surface area contributed by atoms with E-state index >= 15 is 0 Å². The molecule has 0 saturated carbocycles. The molecule has 1 fully saturated rings. The summed E-state index contributed by atoms with van der Waals surface area (Å²) >= 11 is 0. The molecule has 1 aromatic heterocycles. The maximum atomic E-state index is 8.49. The van der Waals surface area contributed by atoms with Crippen molar-refractivity contribution >= 4 is 0 Å². The van der Waals surface area contributed by atoms with E-state index in [0.717, 1.165) is 19.5 Å². The Hall–Kier alpha value is -1.41. The van der Waals surface area contributed by atoms with Gasteiger partial charge in [0, 0.05) is 6.54 Å². The summed E-state index contributed by atoms with van der Waals surface area (Å²) in [5.74, 6) is 0.252. The van der Waals surface area contributed by atoms with Gasteiger partial charge in [0.1, 0.15) is 12.4 Å². The van der Waals surface area contributed by atoms with Gasteiger partial charge in [0.25, 0.3) is 5.82 Å². The van der Waals surface area contributed by atoms with E-state index in [-0.39, 0.29) is 5.82 Å². The van der Waals surface area contributed by atoms with Crippen LogP contribution in [0, 0.1) is 11.3 Å². The number of aromatic nitrogens is 3. The monoisotopic (exact) mass is 163 g/mol. The normalized spacial score (nSPS) is 22.4. The molecule has 1 aliphatic rings. The number of nitrogens with zero attached hydrogens (tertiary/aromatic N) is 4. The van der Waals surface area contributed by atoms with E-state index in [4.69, 9.17) is 5.26 Å². The maximum Gasteiger partial charge on any atom is 0.252 e. The van der Waals surface area contributed by atoms with E-state index in [1.54, 1.807) is 11.0 Å². The Morgan fingerprint density at radius 1 is 1.75 bits per heavy atom. The van der Waals surface area contributed by atoms with Crippen LogP contribution in [0.4, 0.5) is 0 Å². The summed E-state index contributed by atoms with van der Waals surface area (Å²) in [5, 5.41) is 15.7. The van der Waals surface area contributed by atoms with Crippen molar-refractivity contribution in [3.63, 3.8) is 0 Å². The van der Waals surface area contributed by atoms with Crippen molar-refractivity contribution < 1.29 is 0 Å². The molecule has 1 atom stereocenters. The number of hydrogen-bond acceptors (Lipinski definition) is 4. The summed E-state index contributed by atoms with van der Waals surface area (Å²) < 4.78 is 1.76. The smallest absolute Gasteiger partial charge is 0.252 e. The van der Waals surface area contributed by atoms with Gasteiger partial charge in [0.15, 0.2) is 0 Å². The molecule has 0 aliphatic carbocycles. The van der Waals surface area contributed by atoms with Crippen LogP contribution in [-0.2, 0) is 0 Å². The minimum absolute atomic E-state index is 0.252. The summed E-state index contributed by atoms with van der Waals surface area (Å²) in [6.07, 6.45) is 2.68. The van der Waals surface area contributed by atoms with E-state index in [0.29, 0.717) is 6.04 Å². The van der Waals surface area contributed by atoms with Gasteiger partial charge >= 0.3 is 0 Å². The van der Waals surface area contributed by atoms with Crippen LogP contribution in [0.5, 0.6) is 0 Å². The Kier molecular flexibility index (Phi) is 1.76. The average molecular weight is 163 g/mol. The minimum Gasteiger partial charge on any atom is -0.315 e. The third kappa shape index (κ3) is 1.17. The predicted octanol–water partition coefficient (Wildman–Crippen LogP) is -0.316. The van der Waals surface area contributed by atoms with Crippen molar-refractivity contribution in [3.05, 3.63) is 12.2 Å². The molecule has 62 valence electrons. The Labute approximate surface area is 70.0 Å². The van der Waals surface area contributed by atoms with Crippen molar-refractivity contribution in [1.29, 1.82) is 5.26 Å². The lowest BCUT2D eigenvalue weighted by Gasteiger charge is -2.05. The fraction of sp³-hybridized carbons (Fsp3) is 0.571. The van der Waals surface area contributed by atoms with Gasteiger partial charge in [-0.1, -0.05) is 0 Å². The zero-order valence-corrected chi connectivity index (χ0v) is 6.56. The first-order valence-electron chi connectivity index (χ1n) is 3.92. The van der Waals surface area contributed by atoms with E-state index in [1.807, 2.05) is 6.07 Å². The van der Waals surface area contributed by atoms with Crippen molar-refractivity contribution in [2.24, 2.45) is 0 Å². The molecule has 1 aromatic rings. The molecule has 2 heterocycles. The third-order valence-corrected chi connectivity index (χ3v) is 2.02. The van der Waals surface area contributed by atoms with Crippen molar-refractivity contribution in [2.75, 3.05) is 13.1 Å². The van der Waals surface area contributed by atoms with Gasteiger partial charge in [-0.25, -0.2) is 9.67 Å². The molecule has 1 saturated heterocycles. The topological polar surface area (TPSA) is 66.5 Å². The summed E-state index contributed by atoms with van der Waals surface area (Å²) in [5.41, 5.74) is 0. The van der Waals surface area contributed by atoms with Crippen LogP contribution in [0.15, 0.2) is 6.33 Å².